The Morgan fingerprint density at radius 2 is 2.04 bits per heavy atom. The van der Waals surface area contributed by atoms with Crippen molar-refractivity contribution in [3.8, 4) is 17.2 Å². The lowest BCUT2D eigenvalue weighted by Gasteiger charge is -2.10. The number of nitriles is 1. The Bertz CT molecular complexity index is 962. The second-order valence-corrected chi connectivity index (χ2v) is 5.96. The summed E-state index contributed by atoms with van der Waals surface area (Å²) in [6.45, 7) is 1.75. The second-order valence-electron chi connectivity index (χ2n) is 4.96. The average molecular weight is 337 g/mol. The van der Waals surface area contributed by atoms with E-state index in [2.05, 4.69) is 10.1 Å². The summed E-state index contributed by atoms with van der Waals surface area (Å²) in [6, 6.07) is 2.85. The molecule has 0 aliphatic rings. The van der Waals surface area contributed by atoms with Gasteiger partial charge >= 0.3 is 6.18 Å². The maximum absolute atomic E-state index is 13.1. The lowest BCUT2D eigenvalue weighted by Crippen LogP contribution is -2.08. The molecule has 3 aromatic rings. The van der Waals surface area contributed by atoms with Gasteiger partial charge in [0.05, 0.1) is 11.9 Å². The smallest absolute Gasteiger partial charge is 0.396 e. The number of nitrogen functional groups attached to an aromatic ring is 1. The van der Waals surface area contributed by atoms with E-state index in [1.807, 2.05) is 6.07 Å². The third-order valence-electron chi connectivity index (χ3n) is 3.62. The number of alkyl halides is 3. The third-order valence-corrected chi connectivity index (χ3v) is 4.62. The number of aromatic nitrogens is 3. The van der Waals surface area contributed by atoms with E-state index in [1.54, 1.807) is 18.7 Å². The largest absolute Gasteiger partial charge is 0.433 e. The fraction of sp³-hybridized carbons (Fsp3) is 0.214. The van der Waals surface area contributed by atoms with Crippen LogP contribution >= 0.6 is 11.3 Å². The van der Waals surface area contributed by atoms with Crippen molar-refractivity contribution < 1.29 is 13.2 Å². The molecule has 5 nitrogen and oxygen atoms in total. The van der Waals surface area contributed by atoms with E-state index < -0.39 is 11.9 Å². The lowest BCUT2D eigenvalue weighted by atomic mass is 10.0. The predicted molar refractivity (Wildman–Crippen MR) is 80.7 cm³/mol. The Balaban J connectivity index is 2.45. The Hall–Kier alpha value is -2.60. The Morgan fingerprint density at radius 3 is 2.57 bits per heavy atom. The first kappa shape index (κ1) is 15.3. The van der Waals surface area contributed by atoms with Crippen LogP contribution < -0.4 is 5.73 Å². The summed E-state index contributed by atoms with van der Waals surface area (Å²) in [5, 5.41) is 13.5. The molecule has 0 fully saturated rings. The van der Waals surface area contributed by atoms with E-state index in [1.165, 1.54) is 6.20 Å². The van der Waals surface area contributed by atoms with E-state index in [-0.39, 0.29) is 21.0 Å². The van der Waals surface area contributed by atoms with Crippen LogP contribution in [-0.2, 0) is 13.2 Å². The monoisotopic (exact) mass is 337 g/mol. The second kappa shape index (κ2) is 4.96. The van der Waals surface area contributed by atoms with Gasteiger partial charge < -0.3 is 5.73 Å². The minimum absolute atomic E-state index is 0.0899. The molecule has 2 N–H and O–H groups in total. The highest BCUT2D eigenvalue weighted by molar-refractivity contribution is 7.20. The number of nitrogens with two attached hydrogens (primary N) is 1. The summed E-state index contributed by atoms with van der Waals surface area (Å²) in [4.78, 5) is 3.87. The molecule has 0 saturated carbocycles. The third kappa shape index (κ3) is 2.31. The van der Waals surface area contributed by atoms with Crippen molar-refractivity contribution in [2.45, 2.75) is 13.1 Å². The number of pyridine rings is 1. The van der Waals surface area contributed by atoms with Crippen molar-refractivity contribution in [1.29, 1.82) is 5.26 Å². The number of rotatable bonds is 1. The molecular formula is C14H10F3N5S. The SMILES string of the molecule is Cc1c(-c2cc(C(F)(F)F)nc3sc(C#N)c(N)c23)cnn1C. The van der Waals surface area contributed by atoms with Crippen LogP contribution in [0.15, 0.2) is 12.3 Å². The molecule has 0 radical (unpaired) electrons. The molecule has 3 heterocycles. The fourth-order valence-corrected chi connectivity index (χ4v) is 3.24. The van der Waals surface area contributed by atoms with E-state index in [4.69, 9.17) is 11.0 Å². The molecule has 118 valence electrons. The van der Waals surface area contributed by atoms with Gasteiger partial charge in [-0.1, -0.05) is 0 Å². The number of aryl methyl sites for hydroxylation is 1. The molecule has 0 unspecified atom stereocenters. The molecule has 0 amide bonds. The number of thiophene rings is 1. The first-order valence-corrected chi connectivity index (χ1v) is 7.25. The standard InChI is InChI=1S/C14H10F3N5S/c1-6-8(5-20-22(6)2)7-3-10(14(15,16)17)21-13-11(7)12(19)9(4-18)23-13/h3,5H,19H2,1-2H3. The Morgan fingerprint density at radius 1 is 1.35 bits per heavy atom. The highest BCUT2D eigenvalue weighted by Gasteiger charge is 2.34. The molecule has 0 spiro atoms. The van der Waals surface area contributed by atoms with Gasteiger partial charge in [0.1, 0.15) is 21.5 Å². The van der Waals surface area contributed by atoms with Crippen molar-refractivity contribution in [2.75, 3.05) is 5.73 Å². The first-order valence-electron chi connectivity index (χ1n) is 6.43. The maximum atomic E-state index is 13.1. The molecule has 0 aliphatic heterocycles. The van der Waals surface area contributed by atoms with Crippen LogP contribution in [0.5, 0.6) is 0 Å². The molecule has 3 rings (SSSR count). The summed E-state index contributed by atoms with van der Waals surface area (Å²) in [6.07, 6.45) is -3.11. The highest BCUT2D eigenvalue weighted by Crippen LogP contribution is 2.42. The topological polar surface area (TPSA) is 80.5 Å². The van der Waals surface area contributed by atoms with E-state index in [0.29, 0.717) is 16.6 Å². The van der Waals surface area contributed by atoms with Crippen LogP contribution in [0.2, 0.25) is 0 Å². The maximum Gasteiger partial charge on any atom is 0.433 e. The van der Waals surface area contributed by atoms with Crippen molar-refractivity contribution >= 4 is 27.2 Å². The number of fused-ring (bicyclic) bond motifs is 1. The van der Waals surface area contributed by atoms with Gasteiger partial charge in [-0.15, -0.1) is 11.3 Å². The van der Waals surface area contributed by atoms with E-state index >= 15 is 0 Å². The minimum atomic E-state index is -4.59. The molecule has 0 aliphatic carbocycles. The summed E-state index contributed by atoms with van der Waals surface area (Å²) in [5.74, 6) is 0. The zero-order valence-electron chi connectivity index (χ0n) is 12.1. The summed E-state index contributed by atoms with van der Waals surface area (Å²) < 4.78 is 41.0. The van der Waals surface area contributed by atoms with Crippen LogP contribution in [0.4, 0.5) is 18.9 Å². The molecule has 3 aromatic heterocycles. The number of anilines is 1. The van der Waals surface area contributed by atoms with Crippen molar-refractivity contribution in [3.63, 3.8) is 0 Å². The van der Waals surface area contributed by atoms with Crippen LogP contribution in [0.1, 0.15) is 16.3 Å². The van der Waals surface area contributed by atoms with Gasteiger partial charge in [0.15, 0.2) is 0 Å². The lowest BCUT2D eigenvalue weighted by molar-refractivity contribution is -0.140. The molecular weight excluding hydrogens is 327 g/mol. The molecule has 0 bridgehead atoms. The van der Waals surface area contributed by atoms with Crippen molar-refractivity contribution in [3.05, 3.63) is 28.5 Å². The van der Waals surface area contributed by atoms with Gasteiger partial charge in [-0.25, -0.2) is 4.98 Å². The number of hydrogen-bond donors (Lipinski definition) is 1. The van der Waals surface area contributed by atoms with Gasteiger partial charge in [0.25, 0.3) is 0 Å². The van der Waals surface area contributed by atoms with Crippen LogP contribution in [0, 0.1) is 18.3 Å². The van der Waals surface area contributed by atoms with Crippen molar-refractivity contribution in [2.24, 2.45) is 7.05 Å². The average Bonchev–Trinajstić information content (AvgIpc) is 2.98. The molecule has 0 atom stereocenters. The zero-order chi connectivity index (χ0) is 16.9. The fourth-order valence-electron chi connectivity index (χ4n) is 2.32. The molecule has 23 heavy (non-hydrogen) atoms. The van der Waals surface area contributed by atoms with Crippen LogP contribution in [-0.4, -0.2) is 14.8 Å². The van der Waals surface area contributed by atoms with Crippen molar-refractivity contribution in [1.82, 2.24) is 14.8 Å². The van der Waals surface area contributed by atoms with Gasteiger partial charge in [-0.3, -0.25) is 4.68 Å². The van der Waals surface area contributed by atoms with E-state index in [9.17, 15) is 13.2 Å². The van der Waals surface area contributed by atoms with E-state index in [0.717, 1.165) is 17.4 Å². The number of hydrogen-bond acceptors (Lipinski definition) is 5. The summed E-state index contributed by atoms with van der Waals surface area (Å²) >= 11 is 0.851. The Kier molecular flexibility index (Phi) is 3.30. The van der Waals surface area contributed by atoms with Gasteiger partial charge in [0, 0.05) is 23.7 Å². The van der Waals surface area contributed by atoms with Crippen LogP contribution in [0.25, 0.3) is 21.3 Å². The van der Waals surface area contributed by atoms with Crippen LogP contribution in [0.3, 0.4) is 0 Å². The summed E-state index contributed by atoms with van der Waals surface area (Å²) in [7, 11) is 1.69. The normalized spacial score (nSPS) is 11.8. The van der Waals surface area contributed by atoms with Gasteiger partial charge in [-0.05, 0) is 18.6 Å². The predicted octanol–water partition coefficient (Wildman–Crippen LogP) is 3.48. The van der Waals surface area contributed by atoms with Gasteiger partial charge in [-0.2, -0.15) is 23.5 Å². The number of halogens is 3. The zero-order valence-corrected chi connectivity index (χ0v) is 12.9. The molecule has 9 heteroatoms. The number of nitrogens with zero attached hydrogens (tertiary/aromatic N) is 4. The Labute approximate surface area is 132 Å². The minimum Gasteiger partial charge on any atom is -0.396 e. The van der Waals surface area contributed by atoms with Gasteiger partial charge in [0.2, 0.25) is 0 Å². The first-order chi connectivity index (χ1) is 10.7. The molecule has 0 saturated heterocycles. The highest BCUT2D eigenvalue weighted by atomic mass is 32.1. The quantitative estimate of drug-likeness (QED) is 0.737. The molecule has 0 aromatic carbocycles. The summed E-state index contributed by atoms with van der Waals surface area (Å²) in [5.41, 5.74) is 6.57.